The lowest BCUT2D eigenvalue weighted by molar-refractivity contribution is 0.102. The molecule has 3 rings (SSSR count). The number of aromatic hydroxyl groups is 1. The molecule has 0 fully saturated rings. The SMILES string of the molecule is Cc1cc(O)c(C(=O)Nc2ccccc2)c(=O)n1Cc1cccc(Cl)c1Cl. The highest BCUT2D eigenvalue weighted by atomic mass is 35.5. The van der Waals surface area contributed by atoms with Crippen molar-refractivity contribution in [1.29, 1.82) is 0 Å². The van der Waals surface area contributed by atoms with E-state index in [0.29, 0.717) is 27.0 Å². The van der Waals surface area contributed by atoms with Gasteiger partial charge in [0.2, 0.25) is 0 Å². The van der Waals surface area contributed by atoms with Crippen LogP contribution in [0, 0.1) is 6.92 Å². The number of halogens is 2. The molecule has 1 heterocycles. The van der Waals surface area contributed by atoms with E-state index in [0.717, 1.165) is 0 Å². The summed E-state index contributed by atoms with van der Waals surface area (Å²) < 4.78 is 1.37. The van der Waals surface area contributed by atoms with Crippen LogP contribution in [0.3, 0.4) is 0 Å². The van der Waals surface area contributed by atoms with Crippen LogP contribution in [0.2, 0.25) is 10.0 Å². The third kappa shape index (κ3) is 3.99. The molecule has 0 aliphatic carbocycles. The van der Waals surface area contributed by atoms with E-state index in [1.807, 2.05) is 0 Å². The van der Waals surface area contributed by atoms with Crippen molar-refractivity contribution in [3.05, 3.63) is 91.8 Å². The molecule has 0 radical (unpaired) electrons. The fourth-order valence-corrected chi connectivity index (χ4v) is 3.10. The smallest absolute Gasteiger partial charge is 0.267 e. The van der Waals surface area contributed by atoms with Crippen LogP contribution < -0.4 is 10.9 Å². The summed E-state index contributed by atoms with van der Waals surface area (Å²) in [5.41, 5.74) is 0.699. The third-order valence-corrected chi connectivity index (χ3v) is 4.96. The number of carbonyl (C=O) groups is 1. The molecule has 1 amide bonds. The minimum atomic E-state index is -0.686. The number of nitrogens with zero attached hydrogens (tertiary/aromatic N) is 1. The summed E-state index contributed by atoms with van der Waals surface area (Å²) in [7, 11) is 0. The van der Waals surface area contributed by atoms with Crippen LogP contribution in [-0.2, 0) is 6.54 Å². The second-order valence-corrected chi connectivity index (χ2v) is 6.76. The minimum Gasteiger partial charge on any atom is -0.507 e. The zero-order valence-electron chi connectivity index (χ0n) is 14.4. The maximum Gasteiger partial charge on any atom is 0.267 e. The lowest BCUT2D eigenvalue weighted by Crippen LogP contribution is -2.31. The van der Waals surface area contributed by atoms with Gasteiger partial charge in [-0.1, -0.05) is 53.5 Å². The number of hydrogen-bond acceptors (Lipinski definition) is 3. The monoisotopic (exact) mass is 402 g/mol. The summed E-state index contributed by atoms with van der Waals surface area (Å²) in [5, 5.41) is 13.5. The molecule has 7 heteroatoms. The van der Waals surface area contributed by atoms with E-state index in [1.54, 1.807) is 55.5 Å². The summed E-state index contributed by atoms with van der Waals surface area (Å²) in [5.74, 6) is -1.06. The molecule has 2 aromatic carbocycles. The standard InChI is InChI=1S/C20H16Cl2N2O3/c1-12-10-16(25)17(19(26)23-14-7-3-2-4-8-14)20(27)24(12)11-13-6-5-9-15(21)18(13)22/h2-10,25H,11H2,1H3,(H,23,26). The average Bonchev–Trinajstić information content (AvgIpc) is 2.62. The molecule has 138 valence electrons. The van der Waals surface area contributed by atoms with Gasteiger partial charge in [-0.05, 0) is 30.7 Å². The Morgan fingerprint density at radius 3 is 2.52 bits per heavy atom. The molecular formula is C20H16Cl2N2O3. The van der Waals surface area contributed by atoms with Gasteiger partial charge < -0.3 is 15.0 Å². The lowest BCUT2D eigenvalue weighted by Gasteiger charge is -2.15. The molecule has 0 aliphatic heterocycles. The van der Waals surface area contributed by atoms with Gasteiger partial charge in [-0.25, -0.2) is 0 Å². The van der Waals surface area contributed by atoms with Gasteiger partial charge in [0.05, 0.1) is 16.6 Å². The molecule has 2 N–H and O–H groups in total. The van der Waals surface area contributed by atoms with E-state index >= 15 is 0 Å². The molecule has 0 aliphatic rings. The number of amides is 1. The number of para-hydroxylation sites is 1. The molecule has 3 aromatic rings. The summed E-state index contributed by atoms with van der Waals surface area (Å²) in [4.78, 5) is 25.5. The van der Waals surface area contributed by atoms with Crippen LogP contribution in [0.5, 0.6) is 5.75 Å². The molecule has 0 unspecified atom stereocenters. The Morgan fingerprint density at radius 1 is 1.11 bits per heavy atom. The highest BCUT2D eigenvalue weighted by Crippen LogP contribution is 2.26. The zero-order chi connectivity index (χ0) is 19.6. The molecule has 0 atom stereocenters. The van der Waals surface area contributed by atoms with Crippen molar-refractivity contribution in [2.24, 2.45) is 0 Å². The lowest BCUT2D eigenvalue weighted by atomic mass is 10.1. The first-order chi connectivity index (χ1) is 12.9. The van der Waals surface area contributed by atoms with Crippen LogP contribution in [0.1, 0.15) is 21.6 Å². The van der Waals surface area contributed by atoms with Gasteiger partial charge in [0, 0.05) is 17.4 Å². The molecule has 5 nitrogen and oxygen atoms in total. The number of aromatic nitrogens is 1. The Balaban J connectivity index is 2.02. The van der Waals surface area contributed by atoms with Gasteiger partial charge >= 0.3 is 0 Å². The summed E-state index contributed by atoms with van der Waals surface area (Å²) in [6, 6.07) is 15.2. The second-order valence-electron chi connectivity index (χ2n) is 5.97. The summed E-state index contributed by atoms with van der Waals surface area (Å²) in [6.07, 6.45) is 0. The summed E-state index contributed by atoms with van der Waals surface area (Å²) >= 11 is 12.2. The highest BCUT2D eigenvalue weighted by Gasteiger charge is 2.20. The fraction of sp³-hybridized carbons (Fsp3) is 0.100. The minimum absolute atomic E-state index is 0.121. The first-order valence-corrected chi connectivity index (χ1v) is 8.86. The number of carbonyl (C=O) groups excluding carboxylic acids is 1. The van der Waals surface area contributed by atoms with E-state index in [4.69, 9.17) is 23.2 Å². The normalized spacial score (nSPS) is 10.6. The predicted molar refractivity (Wildman–Crippen MR) is 107 cm³/mol. The van der Waals surface area contributed by atoms with Gasteiger partial charge in [0.25, 0.3) is 11.5 Å². The molecule has 0 saturated heterocycles. The Hall–Kier alpha value is -2.76. The number of hydrogen-bond donors (Lipinski definition) is 2. The molecule has 0 bridgehead atoms. The van der Waals surface area contributed by atoms with E-state index in [-0.39, 0.29) is 17.9 Å². The van der Waals surface area contributed by atoms with E-state index < -0.39 is 11.5 Å². The zero-order valence-corrected chi connectivity index (χ0v) is 15.9. The third-order valence-electron chi connectivity index (χ3n) is 4.11. The number of nitrogens with one attached hydrogen (secondary N) is 1. The number of benzene rings is 2. The molecular weight excluding hydrogens is 387 g/mol. The maximum absolute atomic E-state index is 12.9. The number of anilines is 1. The van der Waals surface area contributed by atoms with Crippen molar-refractivity contribution < 1.29 is 9.90 Å². The number of pyridine rings is 1. The highest BCUT2D eigenvalue weighted by molar-refractivity contribution is 6.42. The van der Waals surface area contributed by atoms with Crippen LogP contribution in [-0.4, -0.2) is 15.6 Å². The molecule has 27 heavy (non-hydrogen) atoms. The van der Waals surface area contributed by atoms with E-state index in [1.165, 1.54) is 10.6 Å². The first kappa shape index (κ1) is 19.0. The van der Waals surface area contributed by atoms with Crippen molar-refractivity contribution in [2.45, 2.75) is 13.5 Å². The first-order valence-electron chi connectivity index (χ1n) is 8.11. The van der Waals surface area contributed by atoms with Crippen molar-refractivity contribution in [3.8, 4) is 5.75 Å². The molecule has 0 saturated carbocycles. The molecule has 0 spiro atoms. The van der Waals surface area contributed by atoms with Gasteiger partial charge in [-0.2, -0.15) is 0 Å². The Labute approximate surface area is 165 Å². The van der Waals surface area contributed by atoms with Gasteiger partial charge in [-0.3, -0.25) is 9.59 Å². The van der Waals surface area contributed by atoms with Gasteiger partial charge in [0.15, 0.2) is 0 Å². The maximum atomic E-state index is 12.9. The van der Waals surface area contributed by atoms with Gasteiger partial charge in [-0.15, -0.1) is 0 Å². The fourth-order valence-electron chi connectivity index (χ4n) is 2.72. The quantitative estimate of drug-likeness (QED) is 0.675. The Kier molecular flexibility index (Phi) is 5.54. The largest absolute Gasteiger partial charge is 0.507 e. The van der Waals surface area contributed by atoms with E-state index in [9.17, 15) is 14.7 Å². The Morgan fingerprint density at radius 2 is 1.81 bits per heavy atom. The summed E-state index contributed by atoms with van der Waals surface area (Å²) in [6.45, 7) is 1.79. The Bertz CT molecular complexity index is 1060. The average molecular weight is 403 g/mol. The van der Waals surface area contributed by atoms with Crippen LogP contribution in [0.15, 0.2) is 59.4 Å². The van der Waals surface area contributed by atoms with E-state index in [2.05, 4.69) is 5.32 Å². The van der Waals surface area contributed by atoms with Crippen molar-refractivity contribution in [1.82, 2.24) is 4.57 Å². The van der Waals surface area contributed by atoms with Crippen LogP contribution in [0.25, 0.3) is 0 Å². The van der Waals surface area contributed by atoms with Gasteiger partial charge in [0.1, 0.15) is 11.3 Å². The molecule has 1 aromatic heterocycles. The van der Waals surface area contributed by atoms with Crippen molar-refractivity contribution in [2.75, 3.05) is 5.32 Å². The van der Waals surface area contributed by atoms with Crippen LogP contribution in [0.4, 0.5) is 5.69 Å². The van der Waals surface area contributed by atoms with Crippen molar-refractivity contribution in [3.63, 3.8) is 0 Å². The number of aryl methyl sites for hydroxylation is 1. The number of rotatable bonds is 4. The van der Waals surface area contributed by atoms with Crippen LogP contribution >= 0.6 is 23.2 Å². The van der Waals surface area contributed by atoms with Crippen molar-refractivity contribution >= 4 is 34.8 Å². The predicted octanol–water partition coefficient (Wildman–Crippen LogP) is 4.47. The second kappa shape index (κ2) is 7.86. The topological polar surface area (TPSA) is 71.3 Å².